The van der Waals surface area contributed by atoms with Crippen LogP contribution in [0.1, 0.15) is 0 Å². The summed E-state index contributed by atoms with van der Waals surface area (Å²) in [4.78, 5) is 7.83. The van der Waals surface area contributed by atoms with E-state index < -0.39 is 24.2 Å². The van der Waals surface area contributed by atoms with Crippen molar-refractivity contribution < 1.29 is 20.1 Å². The molecular formula is C9H12ClN3O4S. The van der Waals surface area contributed by atoms with Gasteiger partial charge in [0.1, 0.15) is 12.2 Å². The molecule has 0 aliphatic carbocycles. The fraction of sp³-hybridized carbons (Fsp3) is 0.667. The van der Waals surface area contributed by atoms with Gasteiger partial charge in [-0.05, 0) is 11.6 Å². The Balaban J connectivity index is 2.00. The number of rotatable bonds is 3. The highest BCUT2D eigenvalue weighted by molar-refractivity contribution is 7.09. The maximum atomic E-state index is 9.83. The monoisotopic (exact) mass is 293 g/mol. The lowest BCUT2D eigenvalue weighted by molar-refractivity contribution is -0.160. The van der Waals surface area contributed by atoms with Crippen LogP contribution in [0, 0.1) is 5.92 Å². The minimum absolute atomic E-state index is 0.118. The fourth-order valence-corrected chi connectivity index (χ4v) is 2.27. The first kappa shape index (κ1) is 13.8. The lowest BCUT2D eigenvalue weighted by Gasteiger charge is -2.35. The summed E-state index contributed by atoms with van der Waals surface area (Å²) in [5, 5.41) is 28.9. The van der Waals surface area contributed by atoms with Crippen LogP contribution in [0.5, 0.6) is 0 Å². The van der Waals surface area contributed by atoms with Crippen LogP contribution in [-0.4, -0.2) is 62.4 Å². The number of aliphatic hydroxyl groups is 3. The SMILES string of the molecule is OC[C@H]1OCC(/C=N/c2nc(Cl)ns2)[C@@H](O)[C@H]1O. The second kappa shape index (κ2) is 6.00. The number of aromatic nitrogens is 2. The Bertz CT molecular complexity index is 430. The van der Waals surface area contributed by atoms with E-state index in [9.17, 15) is 10.2 Å². The van der Waals surface area contributed by atoms with Gasteiger partial charge in [-0.3, -0.25) is 0 Å². The molecule has 1 aromatic heterocycles. The van der Waals surface area contributed by atoms with Crippen molar-refractivity contribution >= 4 is 34.5 Å². The molecule has 1 aromatic rings. The number of aliphatic imine (C=N–C) groups is 1. The highest BCUT2D eigenvalue weighted by Gasteiger charge is 2.37. The molecule has 18 heavy (non-hydrogen) atoms. The summed E-state index contributed by atoms with van der Waals surface area (Å²) >= 11 is 6.57. The van der Waals surface area contributed by atoms with Gasteiger partial charge in [-0.2, -0.15) is 9.36 Å². The standard InChI is InChI=1S/C9H12ClN3O4S/c10-8-12-9(18-13-8)11-1-4-3-17-5(2-14)7(16)6(4)15/h1,4-7,14-16H,2-3H2/b11-1+/t4?,5-,6-,7+/m1/s1. The molecule has 1 saturated heterocycles. The quantitative estimate of drug-likeness (QED) is 0.656. The smallest absolute Gasteiger partial charge is 0.236 e. The Kier molecular flexibility index (Phi) is 4.60. The predicted octanol–water partition coefficient (Wildman–Crippen LogP) is -0.377. The minimum atomic E-state index is -1.14. The normalized spacial score (nSPS) is 33.1. The minimum Gasteiger partial charge on any atom is -0.394 e. The van der Waals surface area contributed by atoms with Crippen LogP contribution in [0.25, 0.3) is 0 Å². The highest BCUT2D eigenvalue weighted by Crippen LogP contribution is 2.22. The van der Waals surface area contributed by atoms with E-state index in [1.165, 1.54) is 6.21 Å². The number of aliphatic hydroxyl groups excluding tert-OH is 3. The van der Waals surface area contributed by atoms with Gasteiger partial charge in [0.25, 0.3) is 0 Å². The van der Waals surface area contributed by atoms with Gasteiger partial charge >= 0.3 is 0 Å². The first-order chi connectivity index (χ1) is 8.61. The molecule has 0 spiro atoms. The summed E-state index contributed by atoms with van der Waals surface area (Å²) in [6, 6.07) is 0. The molecule has 100 valence electrons. The summed E-state index contributed by atoms with van der Waals surface area (Å²) in [6.45, 7) is -0.173. The van der Waals surface area contributed by atoms with Crippen molar-refractivity contribution in [3.8, 4) is 0 Å². The maximum absolute atomic E-state index is 9.83. The number of hydrogen-bond donors (Lipinski definition) is 3. The van der Waals surface area contributed by atoms with Crippen LogP contribution in [0.4, 0.5) is 5.13 Å². The van der Waals surface area contributed by atoms with Crippen molar-refractivity contribution in [2.75, 3.05) is 13.2 Å². The Morgan fingerprint density at radius 1 is 1.50 bits per heavy atom. The van der Waals surface area contributed by atoms with Crippen LogP contribution in [-0.2, 0) is 4.74 Å². The second-order valence-electron chi connectivity index (χ2n) is 3.82. The lowest BCUT2D eigenvalue weighted by Crippen LogP contribution is -2.51. The average Bonchev–Trinajstić information content (AvgIpc) is 2.77. The van der Waals surface area contributed by atoms with Gasteiger partial charge in [0.2, 0.25) is 10.4 Å². The second-order valence-corrected chi connectivity index (χ2v) is 4.89. The highest BCUT2D eigenvalue weighted by atomic mass is 35.5. The zero-order valence-electron chi connectivity index (χ0n) is 9.18. The molecule has 1 fully saturated rings. The van der Waals surface area contributed by atoms with Gasteiger partial charge in [0, 0.05) is 23.7 Å². The molecular weight excluding hydrogens is 282 g/mol. The van der Waals surface area contributed by atoms with E-state index in [4.69, 9.17) is 21.4 Å². The van der Waals surface area contributed by atoms with Crippen molar-refractivity contribution in [3.63, 3.8) is 0 Å². The van der Waals surface area contributed by atoms with E-state index in [1.54, 1.807) is 0 Å². The molecule has 9 heteroatoms. The summed E-state index contributed by atoms with van der Waals surface area (Å²) in [5.41, 5.74) is 0. The molecule has 0 radical (unpaired) electrons. The lowest BCUT2D eigenvalue weighted by atomic mass is 9.93. The number of nitrogens with zero attached hydrogens (tertiary/aromatic N) is 3. The molecule has 0 amide bonds. The van der Waals surface area contributed by atoms with Crippen molar-refractivity contribution in [2.45, 2.75) is 18.3 Å². The zero-order valence-corrected chi connectivity index (χ0v) is 10.8. The van der Waals surface area contributed by atoms with Gasteiger partial charge < -0.3 is 20.1 Å². The Morgan fingerprint density at radius 3 is 2.89 bits per heavy atom. The van der Waals surface area contributed by atoms with E-state index in [0.717, 1.165) is 11.5 Å². The predicted molar refractivity (Wildman–Crippen MR) is 65.4 cm³/mol. The van der Waals surface area contributed by atoms with Crippen LogP contribution < -0.4 is 0 Å². The molecule has 2 heterocycles. The number of ether oxygens (including phenoxy) is 1. The average molecular weight is 294 g/mol. The Labute approximate surface area is 112 Å². The van der Waals surface area contributed by atoms with E-state index in [-0.39, 0.29) is 18.5 Å². The third kappa shape index (κ3) is 3.02. The summed E-state index contributed by atoms with van der Waals surface area (Å²) in [7, 11) is 0. The zero-order chi connectivity index (χ0) is 13.1. The largest absolute Gasteiger partial charge is 0.394 e. The fourth-order valence-electron chi connectivity index (χ4n) is 1.61. The van der Waals surface area contributed by atoms with Crippen molar-refractivity contribution in [3.05, 3.63) is 5.28 Å². The van der Waals surface area contributed by atoms with Crippen LogP contribution in [0.3, 0.4) is 0 Å². The summed E-state index contributed by atoms with van der Waals surface area (Å²) in [6.07, 6.45) is -1.50. The molecule has 0 saturated carbocycles. The van der Waals surface area contributed by atoms with E-state index in [1.807, 2.05) is 0 Å². The molecule has 2 rings (SSSR count). The van der Waals surface area contributed by atoms with Crippen molar-refractivity contribution in [1.29, 1.82) is 0 Å². The van der Waals surface area contributed by atoms with Gasteiger partial charge in [-0.25, -0.2) is 4.99 Å². The molecule has 1 aliphatic rings. The van der Waals surface area contributed by atoms with Gasteiger partial charge in [-0.1, -0.05) is 0 Å². The van der Waals surface area contributed by atoms with E-state index >= 15 is 0 Å². The first-order valence-electron chi connectivity index (χ1n) is 5.24. The molecule has 3 N–H and O–H groups in total. The third-order valence-electron chi connectivity index (χ3n) is 2.62. The van der Waals surface area contributed by atoms with E-state index in [0.29, 0.717) is 5.13 Å². The van der Waals surface area contributed by atoms with Crippen molar-refractivity contribution in [1.82, 2.24) is 9.36 Å². The van der Waals surface area contributed by atoms with Crippen molar-refractivity contribution in [2.24, 2.45) is 10.9 Å². The van der Waals surface area contributed by atoms with Gasteiger partial charge in [0.15, 0.2) is 0 Å². The van der Waals surface area contributed by atoms with Crippen LogP contribution in [0.2, 0.25) is 5.28 Å². The molecule has 1 aliphatic heterocycles. The number of halogens is 1. The third-order valence-corrected chi connectivity index (χ3v) is 3.51. The Morgan fingerprint density at radius 2 is 2.28 bits per heavy atom. The first-order valence-corrected chi connectivity index (χ1v) is 6.39. The van der Waals surface area contributed by atoms with Gasteiger partial charge in [-0.15, -0.1) is 0 Å². The van der Waals surface area contributed by atoms with E-state index in [2.05, 4.69) is 14.3 Å². The maximum Gasteiger partial charge on any atom is 0.236 e. The summed E-state index contributed by atoms with van der Waals surface area (Å²) < 4.78 is 8.95. The molecule has 0 bridgehead atoms. The number of hydrogen-bond acceptors (Lipinski definition) is 8. The Hall–Kier alpha value is -0.640. The molecule has 7 nitrogen and oxygen atoms in total. The van der Waals surface area contributed by atoms with Crippen LogP contribution >= 0.6 is 23.1 Å². The molecule has 1 unspecified atom stereocenters. The van der Waals surface area contributed by atoms with Crippen LogP contribution in [0.15, 0.2) is 4.99 Å². The van der Waals surface area contributed by atoms with Gasteiger partial charge in [0.05, 0.1) is 19.3 Å². The summed E-state index contributed by atoms with van der Waals surface area (Å²) in [5.74, 6) is -0.467. The topological polar surface area (TPSA) is 108 Å². The molecule has 4 atom stereocenters. The molecule has 0 aromatic carbocycles.